The van der Waals surface area contributed by atoms with Crippen LogP contribution in [-0.4, -0.2) is 38.0 Å². The first-order valence-electron chi connectivity index (χ1n) is 11.5. The molecule has 4 aromatic rings. The molecular weight excluding hydrogens is 404 g/mol. The molecule has 0 radical (unpaired) electrons. The predicted molar refractivity (Wildman–Crippen MR) is 123 cm³/mol. The van der Waals surface area contributed by atoms with Crippen LogP contribution in [0, 0.1) is 5.92 Å². The van der Waals surface area contributed by atoms with Crippen molar-refractivity contribution in [3.63, 3.8) is 0 Å². The first kappa shape index (κ1) is 20.5. The number of nitrogens with zero attached hydrogens (tertiary/aromatic N) is 3. The Kier molecular flexibility index (Phi) is 5.55. The van der Waals surface area contributed by atoms with Crippen molar-refractivity contribution in [3.05, 3.63) is 59.0 Å². The molecule has 7 nitrogen and oxygen atoms in total. The van der Waals surface area contributed by atoms with Crippen LogP contribution in [-0.2, 0) is 4.79 Å². The minimum Gasteiger partial charge on any atom is -0.454 e. The molecule has 1 aliphatic heterocycles. The zero-order chi connectivity index (χ0) is 22.1. The number of H-pyrrole nitrogens is 1. The van der Waals surface area contributed by atoms with E-state index in [4.69, 9.17) is 4.42 Å². The number of para-hydroxylation sites is 1. The second-order valence-electron chi connectivity index (χ2n) is 8.73. The number of hydrogen-bond donors (Lipinski definition) is 1. The van der Waals surface area contributed by atoms with Crippen LogP contribution in [0.25, 0.3) is 28.1 Å². The van der Waals surface area contributed by atoms with E-state index in [1.807, 2.05) is 30.3 Å². The highest BCUT2D eigenvalue weighted by molar-refractivity contribution is 5.82. The van der Waals surface area contributed by atoms with Crippen molar-refractivity contribution in [3.8, 4) is 11.5 Å². The molecular formula is C25H28N4O3. The van der Waals surface area contributed by atoms with Crippen molar-refractivity contribution in [2.24, 2.45) is 5.92 Å². The Bertz CT molecular complexity index is 1260. The molecule has 1 amide bonds. The van der Waals surface area contributed by atoms with Gasteiger partial charge in [-0.3, -0.25) is 14.7 Å². The molecule has 7 heteroatoms. The number of nitrogens with one attached hydrogen (secondary N) is 1. The third kappa shape index (κ3) is 4.20. The van der Waals surface area contributed by atoms with E-state index >= 15 is 0 Å². The summed E-state index contributed by atoms with van der Waals surface area (Å²) in [7, 11) is 0. The molecule has 32 heavy (non-hydrogen) atoms. The van der Waals surface area contributed by atoms with Crippen molar-refractivity contribution in [2.75, 3.05) is 6.54 Å². The SMILES string of the molecule is CC[C@@H]1CCCN1C(=O)CC1CC1.O=c1ccc2ncc(-c3cc4ccccc4o3)n2[nH]1. The highest BCUT2D eigenvalue weighted by Crippen LogP contribution is 2.34. The summed E-state index contributed by atoms with van der Waals surface area (Å²) in [5.41, 5.74) is 2.03. The summed E-state index contributed by atoms with van der Waals surface area (Å²) in [6, 6.07) is 13.4. The van der Waals surface area contributed by atoms with Gasteiger partial charge in [0.05, 0.1) is 6.20 Å². The van der Waals surface area contributed by atoms with Crippen molar-refractivity contribution in [1.82, 2.24) is 19.5 Å². The second kappa shape index (κ2) is 8.65. The highest BCUT2D eigenvalue weighted by atomic mass is 16.3. The number of amides is 1. The van der Waals surface area contributed by atoms with Gasteiger partial charge in [0.1, 0.15) is 11.3 Å². The third-order valence-corrected chi connectivity index (χ3v) is 6.40. The highest BCUT2D eigenvalue weighted by Gasteiger charge is 2.31. The van der Waals surface area contributed by atoms with Crippen LogP contribution < -0.4 is 5.56 Å². The van der Waals surface area contributed by atoms with E-state index in [1.54, 1.807) is 16.8 Å². The molecule has 1 atom stereocenters. The fourth-order valence-electron chi connectivity index (χ4n) is 4.46. The van der Waals surface area contributed by atoms with E-state index in [0.717, 1.165) is 42.0 Å². The second-order valence-corrected chi connectivity index (χ2v) is 8.73. The molecule has 3 aromatic heterocycles. The van der Waals surface area contributed by atoms with E-state index in [-0.39, 0.29) is 5.56 Å². The topological polar surface area (TPSA) is 83.6 Å². The maximum Gasteiger partial charge on any atom is 0.263 e. The molecule has 1 saturated heterocycles. The van der Waals surface area contributed by atoms with Gasteiger partial charge in [-0.1, -0.05) is 25.1 Å². The molecule has 0 bridgehead atoms. The number of hydrogen-bond acceptors (Lipinski definition) is 4. The quantitative estimate of drug-likeness (QED) is 0.510. The van der Waals surface area contributed by atoms with Gasteiger partial charge in [-0.25, -0.2) is 9.50 Å². The minimum atomic E-state index is -0.178. The van der Waals surface area contributed by atoms with Gasteiger partial charge in [-0.05, 0) is 56.2 Å². The lowest BCUT2D eigenvalue weighted by Gasteiger charge is -2.23. The van der Waals surface area contributed by atoms with Crippen molar-refractivity contribution in [1.29, 1.82) is 0 Å². The largest absolute Gasteiger partial charge is 0.454 e. The Morgan fingerprint density at radius 2 is 2.03 bits per heavy atom. The zero-order valence-corrected chi connectivity index (χ0v) is 18.3. The van der Waals surface area contributed by atoms with Gasteiger partial charge in [0.25, 0.3) is 5.56 Å². The number of imidazole rings is 1. The number of benzene rings is 1. The van der Waals surface area contributed by atoms with E-state index < -0.39 is 0 Å². The summed E-state index contributed by atoms with van der Waals surface area (Å²) in [5.74, 6) is 1.84. The number of likely N-dealkylation sites (tertiary alicyclic amines) is 1. The van der Waals surface area contributed by atoms with Crippen LogP contribution in [0.1, 0.15) is 45.4 Å². The number of carbonyl (C=O) groups excluding carboxylic acids is 1. The lowest BCUT2D eigenvalue weighted by Crippen LogP contribution is -2.35. The maximum absolute atomic E-state index is 11.8. The first-order chi connectivity index (χ1) is 15.6. The number of furan rings is 1. The van der Waals surface area contributed by atoms with Crippen molar-refractivity contribution >= 4 is 22.5 Å². The Balaban J connectivity index is 0.000000146. The van der Waals surface area contributed by atoms with Crippen LogP contribution in [0.2, 0.25) is 0 Å². The van der Waals surface area contributed by atoms with Crippen molar-refractivity contribution < 1.29 is 9.21 Å². The normalized spacial score (nSPS) is 18.2. The van der Waals surface area contributed by atoms with Gasteiger partial charge >= 0.3 is 0 Å². The first-order valence-corrected chi connectivity index (χ1v) is 11.5. The summed E-state index contributed by atoms with van der Waals surface area (Å²) in [5, 5.41) is 3.74. The number of carbonyl (C=O) groups is 1. The summed E-state index contributed by atoms with van der Waals surface area (Å²) in [4.78, 5) is 29.6. The maximum atomic E-state index is 11.8. The zero-order valence-electron chi connectivity index (χ0n) is 18.3. The number of rotatable bonds is 4. The molecule has 1 aliphatic carbocycles. The molecule has 4 heterocycles. The monoisotopic (exact) mass is 432 g/mol. The summed E-state index contributed by atoms with van der Waals surface area (Å²) in [6.07, 6.45) is 8.67. The molecule has 0 unspecified atom stereocenters. The molecule has 1 N–H and O–H groups in total. The van der Waals surface area contributed by atoms with E-state index in [0.29, 0.717) is 23.4 Å². The summed E-state index contributed by atoms with van der Waals surface area (Å²) >= 11 is 0. The third-order valence-electron chi connectivity index (χ3n) is 6.40. The molecule has 1 saturated carbocycles. The van der Waals surface area contributed by atoms with Crippen LogP contribution >= 0.6 is 0 Å². The van der Waals surface area contributed by atoms with Gasteiger partial charge < -0.3 is 9.32 Å². The molecule has 6 rings (SSSR count). The van der Waals surface area contributed by atoms with Crippen LogP contribution in [0.15, 0.2) is 57.9 Å². The fraction of sp³-hybridized carbons (Fsp3) is 0.400. The van der Waals surface area contributed by atoms with Crippen LogP contribution in [0.5, 0.6) is 0 Å². The number of aromatic amines is 1. The Hall–Kier alpha value is -3.35. The average Bonchev–Trinajstić information content (AvgIpc) is 3.21. The molecule has 2 aliphatic rings. The van der Waals surface area contributed by atoms with E-state index in [9.17, 15) is 9.59 Å². The number of aromatic nitrogens is 3. The standard InChI is InChI=1S/C14H9N3O2.C11H19NO/c18-14-6-5-13-15-8-10(17(13)16-14)12-7-9-3-1-2-4-11(9)19-12;1-2-10-4-3-7-12(10)11(13)8-9-5-6-9/h1-8H,(H,16,18);9-10H,2-8H2,1H3/t;10-/m.1/s1. The van der Waals surface area contributed by atoms with Crippen LogP contribution in [0.3, 0.4) is 0 Å². The van der Waals surface area contributed by atoms with E-state index in [2.05, 4.69) is 21.9 Å². The Labute approximate surface area is 186 Å². The summed E-state index contributed by atoms with van der Waals surface area (Å²) < 4.78 is 7.40. The van der Waals surface area contributed by atoms with Gasteiger partial charge in [-0.15, -0.1) is 0 Å². The lowest BCUT2D eigenvalue weighted by atomic mass is 10.1. The van der Waals surface area contributed by atoms with E-state index in [1.165, 1.54) is 31.7 Å². The summed E-state index contributed by atoms with van der Waals surface area (Å²) in [6.45, 7) is 3.21. The molecule has 1 aromatic carbocycles. The van der Waals surface area contributed by atoms with Crippen molar-refractivity contribution in [2.45, 2.75) is 51.5 Å². The Morgan fingerprint density at radius 3 is 2.81 bits per heavy atom. The average molecular weight is 433 g/mol. The lowest BCUT2D eigenvalue weighted by molar-refractivity contribution is -0.132. The van der Waals surface area contributed by atoms with Gasteiger partial charge in [0, 0.05) is 30.5 Å². The molecule has 2 fully saturated rings. The Morgan fingerprint density at radius 1 is 1.19 bits per heavy atom. The van der Waals surface area contributed by atoms with Gasteiger partial charge in [0.15, 0.2) is 11.4 Å². The fourth-order valence-corrected chi connectivity index (χ4v) is 4.46. The van der Waals surface area contributed by atoms with Crippen LogP contribution in [0.4, 0.5) is 0 Å². The number of fused-ring (bicyclic) bond motifs is 2. The molecule has 0 spiro atoms. The molecule has 166 valence electrons. The minimum absolute atomic E-state index is 0.178. The smallest absolute Gasteiger partial charge is 0.263 e. The van der Waals surface area contributed by atoms with Gasteiger partial charge in [0.2, 0.25) is 5.91 Å². The predicted octanol–water partition coefficient (Wildman–Crippen LogP) is 4.62. The van der Waals surface area contributed by atoms with Gasteiger partial charge in [-0.2, -0.15) is 0 Å².